The van der Waals surface area contributed by atoms with Crippen LogP contribution in [0.2, 0.25) is 0 Å². The van der Waals surface area contributed by atoms with Gasteiger partial charge in [0.1, 0.15) is 6.26 Å². The van der Waals surface area contributed by atoms with Gasteiger partial charge in [-0.1, -0.05) is 6.58 Å². The van der Waals surface area contributed by atoms with E-state index in [1.165, 1.54) is 12.5 Å². The summed E-state index contributed by atoms with van der Waals surface area (Å²) in [7, 11) is 0. The summed E-state index contributed by atoms with van der Waals surface area (Å²) in [5.41, 5.74) is 0.934. The first-order valence-corrected chi connectivity index (χ1v) is 5.30. The molecule has 0 atom stereocenters. The molecule has 1 fully saturated rings. The third kappa shape index (κ3) is 2.49. The van der Waals surface area contributed by atoms with Crippen LogP contribution < -0.4 is 0 Å². The summed E-state index contributed by atoms with van der Waals surface area (Å²) in [5.74, 6) is 0.0149. The molecule has 1 aromatic heterocycles. The van der Waals surface area contributed by atoms with E-state index < -0.39 is 0 Å². The summed E-state index contributed by atoms with van der Waals surface area (Å²) in [6.45, 7) is 7.51. The Hall–Kier alpha value is -1.62. The van der Waals surface area contributed by atoms with Crippen LogP contribution in [0.1, 0.15) is 5.69 Å². The van der Waals surface area contributed by atoms with Gasteiger partial charge in [0.15, 0.2) is 6.39 Å². The monoisotopic (exact) mass is 221 g/mol. The summed E-state index contributed by atoms with van der Waals surface area (Å²) in [6, 6.07) is 0. The van der Waals surface area contributed by atoms with E-state index in [0.717, 1.165) is 38.4 Å². The molecule has 1 aliphatic heterocycles. The number of aromatic nitrogens is 1. The van der Waals surface area contributed by atoms with Crippen LogP contribution in [0, 0.1) is 0 Å². The van der Waals surface area contributed by atoms with Gasteiger partial charge in [-0.15, -0.1) is 0 Å². The lowest BCUT2D eigenvalue weighted by molar-refractivity contribution is -0.127. The molecule has 86 valence electrons. The highest BCUT2D eigenvalue weighted by Crippen LogP contribution is 2.07. The Morgan fingerprint density at radius 1 is 1.50 bits per heavy atom. The molecule has 0 unspecified atom stereocenters. The number of piperazine rings is 1. The third-order valence-corrected chi connectivity index (χ3v) is 2.73. The standard InChI is InChI=1S/C11H15N3O2/c1-2-11(15)14-5-3-13(4-6-14)7-10-8-16-9-12-10/h2,8-9H,1,3-7H2. The second-order valence-electron chi connectivity index (χ2n) is 3.79. The van der Waals surface area contributed by atoms with Crippen molar-refractivity contribution in [2.45, 2.75) is 6.54 Å². The lowest BCUT2D eigenvalue weighted by Crippen LogP contribution is -2.47. The summed E-state index contributed by atoms with van der Waals surface area (Å²) >= 11 is 0. The van der Waals surface area contributed by atoms with E-state index in [0.29, 0.717) is 0 Å². The molecule has 0 N–H and O–H groups in total. The minimum Gasteiger partial charge on any atom is -0.451 e. The molecule has 0 aromatic carbocycles. The summed E-state index contributed by atoms with van der Waals surface area (Å²) < 4.78 is 4.92. The average Bonchev–Trinajstić information content (AvgIpc) is 2.82. The molecule has 1 aliphatic rings. The molecule has 1 saturated heterocycles. The third-order valence-electron chi connectivity index (χ3n) is 2.73. The van der Waals surface area contributed by atoms with Crippen LogP contribution in [0.4, 0.5) is 0 Å². The van der Waals surface area contributed by atoms with Crippen molar-refractivity contribution in [1.82, 2.24) is 14.8 Å². The first-order chi connectivity index (χ1) is 7.79. The van der Waals surface area contributed by atoms with Gasteiger partial charge >= 0.3 is 0 Å². The minimum absolute atomic E-state index is 0.0149. The van der Waals surface area contributed by atoms with E-state index in [1.54, 1.807) is 6.26 Å². The number of rotatable bonds is 3. The van der Waals surface area contributed by atoms with Crippen molar-refractivity contribution in [3.8, 4) is 0 Å². The van der Waals surface area contributed by atoms with Crippen LogP contribution in [-0.2, 0) is 11.3 Å². The molecule has 1 amide bonds. The van der Waals surface area contributed by atoms with Crippen molar-refractivity contribution >= 4 is 5.91 Å². The van der Waals surface area contributed by atoms with E-state index in [2.05, 4.69) is 16.5 Å². The fourth-order valence-electron chi connectivity index (χ4n) is 1.80. The molecule has 2 heterocycles. The lowest BCUT2D eigenvalue weighted by Gasteiger charge is -2.33. The second-order valence-corrected chi connectivity index (χ2v) is 3.79. The smallest absolute Gasteiger partial charge is 0.246 e. The highest BCUT2D eigenvalue weighted by Gasteiger charge is 2.19. The molecule has 0 aliphatic carbocycles. The lowest BCUT2D eigenvalue weighted by atomic mass is 10.3. The number of amides is 1. The van der Waals surface area contributed by atoms with Gasteiger partial charge in [-0.25, -0.2) is 4.98 Å². The van der Waals surface area contributed by atoms with Crippen molar-refractivity contribution in [3.63, 3.8) is 0 Å². The minimum atomic E-state index is 0.0149. The zero-order chi connectivity index (χ0) is 11.4. The topological polar surface area (TPSA) is 49.6 Å². The highest BCUT2D eigenvalue weighted by molar-refractivity contribution is 5.87. The maximum Gasteiger partial charge on any atom is 0.246 e. The number of nitrogens with zero attached hydrogens (tertiary/aromatic N) is 3. The first-order valence-electron chi connectivity index (χ1n) is 5.30. The van der Waals surface area contributed by atoms with Gasteiger partial charge < -0.3 is 9.32 Å². The molecule has 5 nitrogen and oxygen atoms in total. The van der Waals surface area contributed by atoms with Gasteiger partial charge in [-0.2, -0.15) is 0 Å². The van der Waals surface area contributed by atoms with E-state index >= 15 is 0 Å². The Labute approximate surface area is 94.4 Å². The fraction of sp³-hybridized carbons (Fsp3) is 0.455. The largest absolute Gasteiger partial charge is 0.451 e. The summed E-state index contributed by atoms with van der Waals surface area (Å²) in [5, 5.41) is 0. The molecule has 1 aromatic rings. The van der Waals surface area contributed by atoms with Gasteiger partial charge in [-0.3, -0.25) is 9.69 Å². The van der Waals surface area contributed by atoms with Crippen LogP contribution in [0.3, 0.4) is 0 Å². The summed E-state index contributed by atoms with van der Waals surface area (Å²) in [4.78, 5) is 19.5. The fourth-order valence-corrected chi connectivity index (χ4v) is 1.80. The molecule has 0 bridgehead atoms. The number of carbonyl (C=O) groups is 1. The number of oxazole rings is 1. The molecule has 0 radical (unpaired) electrons. The molecule has 2 rings (SSSR count). The average molecular weight is 221 g/mol. The molecule has 0 saturated carbocycles. The first kappa shape index (κ1) is 10.9. The van der Waals surface area contributed by atoms with Crippen LogP contribution in [0.15, 0.2) is 29.7 Å². The second kappa shape index (κ2) is 4.94. The van der Waals surface area contributed by atoms with Crippen molar-refractivity contribution in [2.75, 3.05) is 26.2 Å². The van der Waals surface area contributed by atoms with Crippen molar-refractivity contribution in [2.24, 2.45) is 0 Å². The van der Waals surface area contributed by atoms with E-state index in [4.69, 9.17) is 4.42 Å². The Morgan fingerprint density at radius 2 is 2.25 bits per heavy atom. The normalized spacial score (nSPS) is 17.4. The zero-order valence-electron chi connectivity index (χ0n) is 9.13. The Bertz CT molecular complexity index is 353. The molecular formula is C11H15N3O2. The van der Waals surface area contributed by atoms with E-state index in [9.17, 15) is 4.79 Å². The zero-order valence-corrected chi connectivity index (χ0v) is 9.13. The highest BCUT2D eigenvalue weighted by atomic mass is 16.3. The van der Waals surface area contributed by atoms with Crippen LogP contribution in [0.5, 0.6) is 0 Å². The van der Waals surface area contributed by atoms with Crippen LogP contribution in [0.25, 0.3) is 0 Å². The number of hydrogen-bond donors (Lipinski definition) is 0. The predicted octanol–water partition coefficient (Wildman–Crippen LogP) is 0.505. The maximum absolute atomic E-state index is 11.4. The van der Waals surface area contributed by atoms with Gasteiger partial charge in [0, 0.05) is 32.7 Å². The molecular weight excluding hydrogens is 206 g/mol. The molecule has 16 heavy (non-hydrogen) atoms. The van der Waals surface area contributed by atoms with Crippen molar-refractivity contribution in [1.29, 1.82) is 0 Å². The Balaban J connectivity index is 1.81. The SMILES string of the molecule is C=CC(=O)N1CCN(Cc2cocn2)CC1. The maximum atomic E-state index is 11.4. The van der Waals surface area contributed by atoms with E-state index in [1.807, 2.05) is 4.90 Å². The quantitative estimate of drug-likeness (QED) is 0.698. The van der Waals surface area contributed by atoms with Gasteiger partial charge in [0.05, 0.1) is 5.69 Å². The summed E-state index contributed by atoms with van der Waals surface area (Å²) in [6.07, 6.45) is 4.46. The van der Waals surface area contributed by atoms with Gasteiger partial charge in [0.2, 0.25) is 5.91 Å². The van der Waals surface area contributed by atoms with Gasteiger partial charge in [0.25, 0.3) is 0 Å². The Morgan fingerprint density at radius 3 is 2.81 bits per heavy atom. The van der Waals surface area contributed by atoms with Crippen molar-refractivity contribution in [3.05, 3.63) is 31.0 Å². The molecule has 5 heteroatoms. The Kier molecular flexibility index (Phi) is 3.36. The molecule has 0 spiro atoms. The van der Waals surface area contributed by atoms with Crippen LogP contribution in [-0.4, -0.2) is 46.9 Å². The van der Waals surface area contributed by atoms with E-state index in [-0.39, 0.29) is 5.91 Å². The van der Waals surface area contributed by atoms with Crippen LogP contribution >= 0.6 is 0 Å². The van der Waals surface area contributed by atoms with Crippen molar-refractivity contribution < 1.29 is 9.21 Å². The number of carbonyl (C=O) groups excluding carboxylic acids is 1. The number of hydrogen-bond acceptors (Lipinski definition) is 4. The predicted molar refractivity (Wildman–Crippen MR) is 58.6 cm³/mol. The van der Waals surface area contributed by atoms with Gasteiger partial charge in [-0.05, 0) is 6.08 Å².